The first-order chi connectivity index (χ1) is 10.4. The summed E-state index contributed by atoms with van der Waals surface area (Å²) in [4.78, 5) is 18.1. The summed E-state index contributed by atoms with van der Waals surface area (Å²) >= 11 is 0. The lowest BCUT2D eigenvalue weighted by Gasteiger charge is -2.22. The minimum Gasteiger partial charge on any atom is -0.359 e. The molecule has 1 aliphatic heterocycles. The van der Waals surface area contributed by atoms with Gasteiger partial charge in [0.15, 0.2) is 0 Å². The third kappa shape index (κ3) is 4.49. The molecular formula is C14H22N4O3S. The Hall–Kier alpha value is -1.51. The zero-order chi connectivity index (χ0) is 16.2. The van der Waals surface area contributed by atoms with E-state index in [4.69, 9.17) is 0 Å². The number of rotatable bonds is 4. The van der Waals surface area contributed by atoms with E-state index in [1.165, 1.54) is 10.6 Å². The molecule has 1 aromatic rings. The van der Waals surface area contributed by atoms with Crippen LogP contribution in [0.15, 0.2) is 24.5 Å². The van der Waals surface area contributed by atoms with Crippen molar-refractivity contribution >= 4 is 15.9 Å². The Morgan fingerprint density at radius 3 is 2.59 bits per heavy atom. The molecule has 1 unspecified atom stereocenters. The van der Waals surface area contributed by atoms with Gasteiger partial charge < -0.3 is 5.32 Å². The number of carbonyl (C=O) groups is 1. The van der Waals surface area contributed by atoms with Crippen molar-refractivity contribution < 1.29 is 13.2 Å². The van der Waals surface area contributed by atoms with Crippen LogP contribution in [-0.2, 0) is 21.4 Å². The molecular weight excluding hydrogens is 304 g/mol. The highest BCUT2D eigenvalue weighted by Crippen LogP contribution is 2.15. The number of carbonyl (C=O) groups excluding carboxylic acids is 1. The van der Waals surface area contributed by atoms with Crippen molar-refractivity contribution in [3.05, 3.63) is 30.1 Å². The third-order valence-electron chi connectivity index (χ3n) is 3.81. The van der Waals surface area contributed by atoms with Gasteiger partial charge in [-0.25, -0.2) is 12.7 Å². The molecule has 1 fully saturated rings. The number of hydrogen-bond acceptors (Lipinski definition) is 5. The lowest BCUT2D eigenvalue weighted by Crippen LogP contribution is -2.41. The molecule has 1 N–H and O–H groups in total. The number of pyridine rings is 1. The highest BCUT2D eigenvalue weighted by molar-refractivity contribution is 7.88. The monoisotopic (exact) mass is 326 g/mol. The summed E-state index contributed by atoms with van der Waals surface area (Å²) in [6, 6.07) is 3.85. The predicted octanol–water partition coefficient (Wildman–Crippen LogP) is -0.479. The van der Waals surface area contributed by atoms with Crippen LogP contribution in [0.2, 0.25) is 0 Å². The number of nitrogens with zero attached hydrogens (tertiary/aromatic N) is 3. The van der Waals surface area contributed by atoms with Gasteiger partial charge in [-0.1, -0.05) is 0 Å². The van der Waals surface area contributed by atoms with Crippen molar-refractivity contribution in [3.8, 4) is 0 Å². The summed E-state index contributed by atoms with van der Waals surface area (Å²) in [5.74, 6) is -0.501. The topological polar surface area (TPSA) is 82.6 Å². The summed E-state index contributed by atoms with van der Waals surface area (Å²) in [6.07, 6.45) is 4.64. The highest BCUT2D eigenvalue weighted by Gasteiger charge is 2.31. The van der Waals surface area contributed by atoms with E-state index in [2.05, 4.69) is 15.2 Å². The SMILES string of the molecule is CNC(=O)C1CN(Cc2ccncc2)CCN(S(C)(=O)=O)C1. The lowest BCUT2D eigenvalue weighted by atomic mass is 10.1. The molecule has 0 spiro atoms. The Labute approximate surface area is 131 Å². The first-order valence-electron chi connectivity index (χ1n) is 7.18. The van der Waals surface area contributed by atoms with Crippen LogP contribution in [0.1, 0.15) is 5.56 Å². The van der Waals surface area contributed by atoms with Gasteiger partial charge >= 0.3 is 0 Å². The van der Waals surface area contributed by atoms with Crippen LogP contribution in [-0.4, -0.2) is 68.0 Å². The fourth-order valence-electron chi connectivity index (χ4n) is 2.61. The van der Waals surface area contributed by atoms with Crippen LogP contribution in [0, 0.1) is 5.92 Å². The molecule has 0 radical (unpaired) electrons. The Bertz CT molecular complexity index is 606. The Balaban J connectivity index is 2.14. The van der Waals surface area contributed by atoms with E-state index in [1.54, 1.807) is 19.4 Å². The van der Waals surface area contributed by atoms with Gasteiger partial charge in [0.05, 0.1) is 12.2 Å². The smallest absolute Gasteiger partial charge is 0.225 e. The molecule has 1 amide bonds. The van der Waals surface area contributed by atoms with Gasteiger partial charge in [0.2, 0.25) is 15.9 Å². The maximum atomic E-state index is 12.0. The molecule has 1 atom stereocenters. The highest BCUT2D eigenvalue weighted by atomic mass is 32.2. The predicted molar refractivity (Wildman–Crippen MR) is 83.5 cm³/mol. The molecule has 122 valence electrons. The summed E-state index contributed by atoms with van der Waals surface area (Å²) in [7, 11) is -1.73. The largest absolute Gasteiger partial charge is 0.359 e. The van der Waals surface area contributed by atoms with Crippen molar-refractivity contribution in [2.75, 3.05) is 39.5 Å². The average Bonchev–Trinajstić information content (AvgIpc) is 2.70. The van der Waals surface area contributed by atoms with E-state index >= 15 is 0 Å². The van der Waals surface area contributed by atoms with E-state index < -0.39 is 10.0 Å². The van der Waals surface area contributed by atoms with Crippen molar-refractivity contribution in [3.63, 3.8) is 0 Å². The van der Waals surface area contributed by atoms with E-state index in [1.807, 2.05) is 12.1 Å². The van der Waals surface area contributed by atoms with E-state index in [0.717, 1.165) is 5.56 Å². The van der Waals surface area contributed by atoms with Gasteiger partial charge in [-0.2, -0.15) is 0 Å². The average molecular weight is 326 g/mol. The van der Waals surface area contributed by atoms with E-state index in [-0.39, 0.29) is 18.4 Å². The van der Waals surface area contributed by atoms with Crippen LogP contribution in [0.5, 0.6) is 0 Å². The van der Waals surface area contributed by atoms with Crippen molar-refractivity contribution in [1.82, 2.24) is 19.5 Å². The number of amides is 1. The molecule has 2 rings (SSSR count). The minimum absolute atomic E-state index is 0.129. The minimum atomic E-state index is -3.30. The normalized spacial score (nSPS) is 21.3. The molecule has 2 heterocycles. The standard InChI is InChI=1S/C14H22N4O3S/c1-15-14(19)13-10-17(9-12-3-5-16-6-4-12)7-8-18(11-13)22(2,20)21/h3-6,13H,7-11H2,1-2H3,(H,15,19). The van der Waals surface area contributed by atoms with Crippen molar-refractivity contribution in [1.29, 1.82) is 0 Å². The maximum absolute atomic E-state index is 12.0. The zero-order valence-electron chi connectivity index (χ0n) is 12.9. The van der Waals surface area contributed by atoms with Crippen LogP contribution >= 0.6 is 0 Å². The molecule has 8 heteroatoms. The number of hydrogen-bond donors (Lipinski definition) is 1. The molecule has 7 nitrogen and oxygen atoms in total. The zero-order valence-corrected chi connectivity index (χ0v) is 13.7. The van der Waals surface area contributed by atoms with Gasteiger partial charge in [0.1, 0.15) is 0 Å². The van der Waals surface area contributed by atoms with Crippen molar-refractivity contribution in [2.45, 2.75) is 6.54 Å². The van der Waals surface area contributed by atoms with Gasteiger partial charge in [-0.15, -0.1) is 0 Å². The summed E-state index contributed by atoms with van der Waals surface area (Å²) in [5.41, 5.74) is 1.10. The second-order valence-corrected chi connectivity index (χ2v) is 7.51. The van der Waals surface area contributed by atoms with Crippen LogP contribution in [0.4, 0.5) is 0 Å². The molecule has 0 bridgehead atoms. The van der Waals surface area contributed by atoms with Gasteiger partial charge in [0, 0.05) is 52.2 Å². The molecule has 1 saturated heterocycles. The fourth-order valence-corrected chi connectivity index (χ4v) is 3.48. The Morgan fingerprint density at radius 1 is 1.32 bits per heavy atom. The molecule has 22 heavy (non-hydrogen) atoms. The van der Waals surface area contributed by atoms with Gasteiger partial charge in [-0.05, 0) is 17.7 Å². The third-order valence-corrected chi connectivity index (χ3v) is 5.08. The maximum Gasteiger partial charge on any atom is 0.225 e. The molecule has 1 aromatic heterocycles. The first kappa shape index (κ1) is 16.9. The summed E-state index contributed by atoms with van der Waals surface area (Å²) < 4.78 is 25.0. The Morgan fingerprint density at radius 2 is 2.00 bits per heavy atom. The van der Waals surface area contributed by atoms with Crippen LogP contribution < -0.4 is 5.32 Å². The summed E-state index contributed by atoms with van der Waals surface area (Å²) in [5, 5.41) is 2.62. The second kappa shape index (κ2) is 7.17. The molecule has 1 aliphatic rings. The fraction of sp³-hybridized carbons (Fsp3) is 0.571. The Kier molecular flexibility index (Phi) is 5.49. The molecule has 0 aliphatic carbocycles. The van der Waals surface area contributed by atoms with Crippen LogP contribution in [0.3, 0.4) is 0 Å². The van der Waals surface area contributed by atoms with E-state index in [0.29, 0.717) is 26.2 Å². The number of nitrogens with one attached hydrogen (secondary N) is 1. The van der Waals surface area contributed by atoms with Crippen LogP contribution in [0.25, 0.3) is 0 Å². The van der Waals surface area contributed by atoms with E-state index in [9.17, 15) is 13.2 Å². The second-order valence-electron chi connectivity index (χ2n) is 5.52. The number of aromatic nitrogens is 1. The number of sulfonamides is 1. The summed E-state index contributed by atoms with van der Waals surface area (Å²) in [6.45, 7) is 2.44. The molecule has 0 aromatic carbocycles. The molecule has 0 saturated carbocycles. The first-order valence-corrected chi connectivity index (χ1v) is 9.03. The lowest BCUT2D eigenvalue weighted by molar-refractivity contribution is -0.125. The van der Waals surface area contributed by atoms with Gasteiger partial charge in [0.25, 0.3) is 0 Å². The van der Waals surface area contributed by atoms with Crippen molar-refractivity contribution in [2.24, 2.45) is 5.92 Å². The van der Waals surface area contributed by atoms with Gasteiger partial charge in [-0.3, -0.25) is 14.7 Å². The quantitative estimate of drug-likeness (QED) is 0.808.